The monoisotopic (exact) mass is 318 g/mol. The molecule has 0 aliphatic heterocycles. The molecule has 0 spiro atoms. The Morgan fingerprint density at radius 1 is 1.29 bits per heavy atom. The molecule has 0 radical (unpaired) electrons. The SMILES string of the molecule is CCC(CC)n1ccc(CC(=O)c2cc3sccc3s2)n1. The van der Waals surface area contributed by atoms with E-state index in [-0.39, 0.29) is 5.78 Å². The third kappa shape index (κ3) is 2.94. The summed E-state index contributed by atoms with van der Waals surface area (Å²) in [6.45, 7) is 4.33. The molecule has 0 fully saturated rings. The summed E-state index contributed by atoms with van der Waals surface area (Å²) in [6, 6.07) is 6.47. The van der Waals surface area contributed by atoms with E-state index in [4.69, 9.17) is 0 Å². The van der Waals surface area contributed by atoms with Gasteiger partial charge in [-0.15, -0.1) is 22.7 Å². The van der Waals surface area contributed by atoms with E-state index in [1.165, 1.54) is 9.40 Å². The molecule has 3 nitrogen and oxygen atoms in total. The van der Waals surface area contributed by atoms with Gasteiger partial charge in [0.05, 0.1) is 23.0 Å². The van der Waals surface area contributed by atoms with Gasteiger partial charge in [-0.3, -0.25) is 9.48 Å². The van der Waals surface area contributed by atoms with Crippen molar-refractivity contribution in [3.63, 3.8) is 0 Å². The van der Waals surface area contributed by atoms with Gasteiger partial charge in [0.2, 0.25) is 0 Å². The third-order valence-electron chi connectivity index (χ3n) is 3.74. The van der Waals surface area contributed by atoms with E-state index in [2.05, 4.69) is 30.4 Å². The molecule has 21 heavy (non-hydrogen) atoms. The van der Waals surface area contributed by atoms with E-state index in [9.17, 15) is 4.79 Å². The Labute approximate surface area is 132 Å². The molecule has 3 aromatic heterocycles. The predicted octanol–water partition coefficient (Wildman–Crippen LogP) is 4.95. The lowest BCUT2D eigenvalue weighted by atomic mass is 10.2. The molecule has 3 heterocycles. The zero-order chi connectivity index (χ0) is 14.8. The number of fused-ring (bicyclic) bond motifs is 1. The average Bonchev–Trinajstić information content (AvgIpc) is 3.15. The Hall–Kier alpha value is -1.46. The predicted molar refractivity (Wildman–Crippen MR) is 89.6 cm³/mol. The van der Waals surface area contributed by atoms with Gasteiger partial charge in [0.1, 0.15) is 0 Å². The zero-order valence-electron chi connectivity index (χ0n) is 12.2. The smallest absolute Gasteiger partial charge is 0.178 e. The first-order chi connectivity index (χ1) is 10.2. The standard InChI is InChI=1S/C16H18N2OS2/c1-3-12(4-2)18-7-5-11(17-18)9-13(19)15-10-16-14(21-15)6-8-20-16/h5-8,10,12H,3-4,9H2,1-2H3. The lowest BCUT2D eigenvalue weighted by Gasteiger charge is -2.12. The number of carbonyl (C=O) groups excluding carboxylic acids is 1. The quantitative estimate of drug-likeness (QED) is 0.603. The Kier molecular flexibility index (Phi) is 4.22. The number of thiophene rings is 2. The van der Waals surface area contributed by atoms with Gasteiger partial charge >= 0.3 is 0 Å². The minimum atomic E-state index is 0.165. The van der Waals surface area contributed by atoms with Crippen molar-refractivity contribution in [1.82, 2.24) is 9.78 Å². The number of nitrogens with zero attached hydrogens (tertiary/aromatic N) is 2. The Morgan fingerprint density at radius 3 is 2.81 bits per heavy atom. The summed E-state index contributed by atoms with van der Waals surface area (Å²) in [6.07, 6.45) is 4.51. The lowest BCUT2D eigenvalue weighted by molar-refractivity contribution is 0.0995. The van der Waals surface area contributed by atoms with E-state index < -0.39 is 0 Å². The van der Waals surface area contributed by atoms with E-state index in [1.807, 2.05) is 23.0 Å². The van der Waals surface area contributed by atoms with Crippen LogP contribution in [-0.4, -0.2) is 15.6 Å². The summed E-state index contributed by atoms with van der Waals surface area (Å²) in [7, 11) is 0. The maximum atomic E-state index is 12.4. The Balaban J connectivity index is 1.74. The number of rotatable bonds is 6. The number of hydrogen-bond donors (Lipinski definition) is 0. The van der Waals surface area contributed by atoms with Crippen LogP contribution in [-0.2, 0) is 6.42 Å². The molecule has 5 heteroatoms. The van der Waals surface area contributed by atoms with E-state index in [1.54, 1.807) is 22.7 Å². The van der Waals surface area contributed by atoms with Crippen LogP contribution in [0.15, 0.2) is 29.8 Å². The Morgan fingerprint density at radius 2 is 2.10 bits per heavy atom. The number of aromatic nitrogens is 2. The molecular formula is C16H18N2OS2. The van der Waals surface area contributed by atoms with E-state index in [0.29, 0.717) is 12.5 Å². The van der Waals surface area contributed by atoms with Crippen molar-refractivity contribution in [2.24, 2.45) is 0 Å². The van der Waals surface area contributed by atoms with Crippen molar-refractivity contribution < 1.29 is 4.79 Å². The van der Waals surface area contributed by atoms with Crippen molar-refractivity contribution in [2.75, 3.05) is 0 Å². The van der Waals surface area contributed by atoms with Crippen molar-refractivity contribution in [2.45, 2.75) is 39.2 Å². The topological polar surface area (TPSA) is 34.9 Å². The van der Waals surface area contributed by atoms with Crippen LogP contribution in [0, 0.1) is 0 Å². The molecule has 0 aromatic carbocycles. The van der Waals surface area contributed by atoms with Crippen molar-refractivity contribution in [3.8, 4) is 0 Å². The number of Topliss-reactive ketones (excluding diaryl/α,β-unsaturated/α-hetero) is 1. The molecule has 0 atom stereocenters. The van der Waals surface area contributed by atoms with Crippen molar-refractivity contribution in [1.29, 1.82) is 0 Å². The molecule has 110 valence electrons. The van der Waals surface area contributed by atoms with Gasteiger partial charge < -0.3 is 0 Å². The molecule has 0 amide bonds. The summed E-state index contributed by atoms with van der Waals surface area (Å²) in [4.78, 5) is 13.2. The molecule has 3 aromatic rings. The maximum absolute atomic E-state index is 12.4. The van der Waals surface area contributed by atoms with Crippen molar-refractivity contribution in [3.05, 3.63) is 40.3 Å². The van der Waals surface area contributed by atoms with Gasteiger partial charge in [0.25, 0.3) is 0 Å². The highest BCUT2D eigenvalue weighted by molar-refractivity contribution is 7.27. The van der Waals surface area contributed by atoms with Crippen molar-refractivity contribution >= 4 is 37.9 Å². The van der Waals surface area contributed by atoms with Crippen LogP contribution in [0.5, 0.6) is 0 Å². The average molecular weight is 318 g/mol. The molecule has 3 rings (SSSR count). The zero-order valence-corrected chi connectivity index (χ0v) is 13.8. The summed E-state index contributed by atoms with van der Waals surface area (Å²) < 4.78 is 4.40. The van der Waals surface area contributed by atoms with Gasteiger partial charge in [-0.05, 0) is 36.4 Å². The van der Waals surface area contributed by atoms with Gasteiger partial charge in [-0.2, -0.15) is 5.10 Å². The second-order valence-corrected chi connectivity index (χ2v) is 7.15. The maximum Gasteiger partial charge on any atom is 0.178 e. The highest BCUT2D eigenvalue weighted by Crippen LogP contribution is 2.30. The van der Waals surface area contributed by atoms with Crippen LogP contribution in [0.25, 0.3) is 9.40 Å². The first-order valence-electron chi connectivity index (χ1n) is 7.25. The fourth-order valence-electron chi connectivity index (χ4n) is 2.49. The summed E-state index contributed by atoms with van der Waals surface area (Å²) in [5.41, 5.74) is 0.864. The molecule has 0 aliphatic carbocycles. The third-order valence-corrected chi connectivity index (χ3v) is 5.87. The lowest BCUT2D eigenvalue weighted by Crippen LogP contribution is -2.09. The summed E-state index contributed by atoms with van der Waals surface area (Å²) in [5.74, 6) is 0.165. The number of carbonyl (C=O) groups is 1. The highest BCUT2D eigenvalue weighted by atomic mass is 32.1. The second kappa shape index (κ2) is 6.12. The van der Waals surface area contributed by atoms with Gasteiger partial charge in [0, 0.05) is 15.6 Å². The Bertz CT molecular complexity index is 721. The largest absolute Gasteiger partial charge is 0.293 e. The van der Waals surface area contributed by atoms with Crippen LogP contribution in [0.1, 0.15) is 48.1 Å². The molecule has 0 N–H and O–H groups in total. The van der Waals surface area contributed by atoms with E-state index in [0.717, 1.165) is 23.4 Å². The number of ketones is 1. The normalized spacial score (nSPS) is 11.6. The molecular weight excluding hydrogens is 300 g/mol. The molecule has 0 aliphatic rings. The first kappa shape index (κ1) is 14.5. The van der Waals surface area contributed by atoms with Gasteiger partial charge in [-0.1, -0.05) is 13.8 Å². The van der Waals surface area contributed by atoms with E-state index >= 15 is 0 Å². The second-order valence-electron chi connectivity index (χ2n) is 5.12. The molecule has 0 saturated heterocycles. The fraction of sp³-hybridized carbons (Fsp3) is 0.375. The van der Waals surface area contributed by atoms with Crippen LogP contribution >= 0.6 is 22.7 Å². The fourth-order valence-corrected chi connectivity index (χ4v) is 4.54. The highest BCUT2D eigenvalue weighted by Gasteiger charge is 2.14. The molecule has 0 unspecified atom stereocenters. The van der Waals surface area contributed by atoms with Crippen LogP contribution in [0.2, 0.25) is 0 Å². The molecule has 0 saturated carbocycles. The van der Waals surface area contributed by atoms with Crippen LogP contribution in [0.4, 0.5) is 0 Å². The van der Waals surface area contributed by atoms with Crippen LogP contribution < -0.4 is 0 Å². The minimum absolute atomic E-state index is 0.165. The summed E-state index contributed by atoms with van der Waals surface area (Å²) in [5, 5.41) is 6.62. The minimum Gasteiger partial charge on any atom is -0.293 e. The van der Waals surface area contributed by atoms with Gasteiger partial charge in [0.15, 0.2) is 5.78 Å². The van der Waals surface area contributed by atoms with Crippen LogP contribution in [0.3, 0.4) is 0 Å². The first-order valence-corrected chi connectivity index (χ1v) is 8.95. The number of hydrogen-bond acceptors (Lipinski definition) is 4. The summed E-state index contributed by atoms with van der Waals surface area (Å²) >= 11 is 3.26. The molecule has 0 bridgehead atoms. The van der Waals surface area contributed by atoms with Gasteiger partial charge in [-0.25, -0.2) is 0 Å².